The average molecular weight is 567 g/mol. The van der Waals surface area contributed by atoms with Crippen LogP contribution in [0.15, 0.2) is 40.9 Å². The van der Waals surface area contributed by atoms with E-state index >= 15 is 0 Å². The zero-order valence-corrected chi connectivity index (χ0v) is 22.6. The number of aliphatic hydroxyl groups excluding tert-OH is 1. The second kappa shape index (κ2) is 11.7. The standard InChI is InChI=1S/C27H33BrF2N2O4/c1-16(33)31-23(13-17-11-18(29)14-19(30)12-17)25(34)15-32(26(35)36-27(2,3)4)24-10-6-7-20-21(24)8-5-9-22(20)28/h5,8-9,11-12,14,23-25,34H,6-7,10,13,15H2,1-4H3,(H,31,33). The number of fused-ring (bicyclic) bond motifs is 1. The van der Waals surface area contributed by atoms with Gasteiger partial charge in [0, 0.05) is 17.5 Å². The average Bonchev–Trinajstić information content (AvgIpc) is 2.75. The molecule has 36 heavy (non-hydrogen) atoms. The summed E-state index contributed by atoms with van der Waals surface area (Å²) in [6, 6.07) is 7.67. The van der Waals surface area contributed by atoms with Gasteiger partial charge in [-0.05, 0) is 81.3 Å². The predicted molar refractivity (Wildman–Crippen MR) is 136 cm³/mol. The molecule has 2 aromatic rings. The van der Waals surface area contributed by atoms with Crippen molar-refractivity contribution in [3.63, 3.8) is 0 Å². The van der Waals surface area contributed by atoms with Gasteiger partial charge in [-0.3, -0.25) is 9.69 Å². The number of nitrogens with one attached hydrogen (secondary N) is 1. The van der Waals surface area contributed by atoms with Gasteiger partial charge in [0.1, 0.15) is 17.2 Å². The van der Waals surface area contributed by atoms with Gasteiger partial charge in [0.25, 0.3) is 0 Å². The molecule has 9 heteroatoms. The number of benzene rings is 2. The van der Waals surface area contributed by atoms with Crippen LogP contribution >= 0.6 is 15.9 Å². The van der Waals surface area contributed by atoms with E-state index in [1.807, 2.05) is 18.2 Å². The maximum absolute atomic E-state index is 13.8. The van der Waals surface area contributed by atoms with Crippen LogP contribution in [0.25, 0.3) is 0 Å². The van der Waals surface area contributed by atoms with Crippen LogP contribution in [-0.2, 0) is 22.4 Å². The van der Waals surface area contributed by atoms with E-state index in [-0.39, 0.29) is 24.6 Å². The van der Waals surface area contributed by atoms with E-state index in [1.165, 1.54) is 11.8 Å². The van der Waals surface area contributed by atoms with Crippen molar-refractivity contribution in [1.82, 2.24) is 10.2 Å². The maximum Gasteiger partial charge on any atom is 0.410 e. The molecule has 3 rings (SSSR count). The third kappa shape index (κ3) is 7.49. The Bertz CT molecular complexity index is 1090. The van der Waals surface area contributed by atoms with Gasteiger partial charge in [0.05, 0.1) is 24.7 Å². The number of hydrogen-bond acceptors (Lipinski definition) is 4. The molecular weight excluding hydrogens is 534 g/mol. The van der Waals surface area contributed by atoms with E-state index in [0.717, 1.165) is 46.6 Å². The highest BCUT2D eigenvalue weighted by Gasteiger charge is 2.36. The van der Waals surface area contributed by atoms with Gasteiger partial charge in [-0.1, -0.05) is 28.1 Å². The molecular formula is C27H33BrF2N2O4. The van der Waals surface area contributed by atoms with Crippen LogP contribution in [0.2, 0.25) is 0 Å². The van der Waals surface area contributed by atoms with Gasteiger partial charge in [-0.15, -0.1) is 0 Å². The molecule has 0 fully saturated rings. The van der Waals surface area contributed by atoms with Crippen molar-refractivity contribution in [2.24, 2.45) is 0 Å². The van der Waals surface area contributed by atoms with Crippen LogP contribution in [0.3, 0.4) is 0 Å². The van der Waals surface area contributed by atoms with Crippen LogP contribution < -0.4 is 5.32 Å². The Morgan fingerprint density at radius 3 is 2.50 bits per heavy atom. The fourth-order valence-corrected chi connectivity index (χ4v) is 5.19. The van der Waals surface area contributed by atoms with Crippen molar-refractivity contribution in [3.8, 4) is 0 Å². The number of aliphatic hydroxyl groups is 1. The van der Waals surface area contributed by atoms with Crippen molar-refractivity contribution in [2.75, 3.05) is 6.54 Å². The molecule has 196 valence electrons. The summed E-state index contributed by atoms with van der Waals surface area (Å²) in [5.74, 6) is -1.91. The third-order valence-corrected chi connectivity index (χ3v) is 6.78. The molecule has 3 atom stereocenters. The molecule has 2 amide bonds. The van der Waals surface area contributed by atoms with E-state index < -0.39 is 41.4 Å². The fraction of sp³-hybridized carbons (Fsp3) is 0.481. The highest BCUT2D eigenvalue weighted by atomic mass is 79.9. The van der Waals surface area contributed by atoms with Crippen molar-refractivity contribution in [1.29, 1.82) is 0 Å². The van der Waals surface area contributed by atoms with E-state index in [9.17, 15) is 23.5 Å². The molecule has 6 nitrogen and oxygen atoms in total. The van der Waals surface area contributed by atoms with Crippen molar-refractivity contribution >= 4 is 27.9 Å². The van der Waals surface area contributed by atoms with Crippen LogP contribution in [0.5, 0.6) is 0 Å². The van der Waals surface area contributed by atoms with Gasteiger partial charge in [0.2, 0.25) is 5.91 Å². The highest BCUT2D eigenvalue weighted by Crippen LogP contribution is 2.38. The Kier molecular flexibility index (Phi) is 9.11. The largest absolute Gasteiger partial charge is 0.444 e. The van der Waals surface area contributed by atoms with E-state index in [2.05, 4.69) is 21.2 Å². The number of carbonyl (C=O) groups excluding carboxylic acids is 2. The smallest absolute Gasteiger partial charge is 0.410 e. The molecule has 0 heterocycles. The number of ether oxygens (including phenoxy) is 1. The first kappa shape index (κ1) is 28.1. The topological polar surface area (TPSA) is 78.9 Å². The van der Waals surface area contributed by atoms with E-state index in [4.69, 9.17) is 4.74 Å². The molecule has 0 radical (unpaired) electrons. The summed E-state index contributed by atoms with van der Waals surface area (Å²) in [4.78, 5) is 26.8. The van der Waals surface area contributed by atoms with Crippen LogP contribution in [0.1, 0.15) is 63.3 Å². The van der Waals surface area contributed by atoms with Crippen molar-refractivity contribution in [3.05, 3.63) is 69.2 Å². The molecule has 0 saturated heterocycles. The number of amides is 2. The fourth-order valence-electron chi connectivity index (χ4n) is 4.61. The summed E-state index contributed by atoms with van der Waals surface area (Å²) in [6.07, 6.45) is 0.535. The first-order valence-corrected chi connectivity index (χ1v) is 12.8. The van der Waals surface area contributed by atoms with Gasteiger partial charge < -0.3 is 15.2 Å². The number of nitrogens with zero attached hydrogens (tertiary/aromatic N) is 1. The van der Waals surface area contributed by atoms with E-state index in [0.29, 0.717) is 6.42 Å². The Morgan fingerprint density at radius 1 is 1.22 bits per heavy atom. The second-order valence-corrected chi connectivity index (χ2v) is 11.1. The molecule has 3 unspecified atom stereocenters. The lowest BCUT2D eigenvalue weighted by Crippen LogP contribution is -2.51. The summed E-state index contributed by atoms with van der Waals surface area (Å²) < 4.78 is 34.2. The minimum Gasteiger partial charge on any atom is -0.444 e. The van der Waals surface area contributed by atoms with Gasteiger partial charge in [-0.25, -0.2) is 13.6 Å². The Morgan fingerprint density at radius 2 is 1.89 bits per heavy atom. The zero-order valence-electron chi connectivity index (χ0n) is 21.0. The molecule has 0 aliphatic heterocycles. The predicted octanol–water partition coefficient (Wildman–Crippen LogP) is 5.45. The molecule has 1 aliphatic carbocycles. The number of hydrogen-bond donors (Lipinski definition) is 2. The SMILES string of the molecule is CC(=O)NC(Cc1cc(F)cc(F)c1)C(O)CN(C(=O)OC(C)(C)C)C1CCCc2c(Br)cccc21. The second-order valence-electron chi connectivity index (χ2n) is 10.2. The number of carbonyl (C=O) groups is 2. The summed E-state index contributed by atoms with van der Waals surface area (Å²) >= 11 is 3.60. The highest BCUT2D eigenvalue weighted by molar-refractivity contribution is 9.10. The first-order valence-electron chi connectivity index (χ1n) is 12.0. The van der Waals surface area contributed by atoms with Crippen LogP contribution in [-0.4, -0.2) is 46.3 Å². The third-order valence-electron chi connectivity index (χ3n) is 6.04. The lowest BCUT2D eigenvalue weighted by molar-refractivity contribution is -0.120. The summed E-state index contributed by atoms with van der Waals surface area (Å²) in [5, 5.41) is 13.9. The minimum absolute atomic E-state index is 0.0234. The molecule has 2 aromatic carbocycles. The van der Waals surface area contributed by atoms with Gasteiger partial charge in [-0.2, -0.15) is 0 Å². The first-order chi connectivity index (χ1) is 16.8. The lowest BCUT2D eigenvalue weighted by Gasteiger charge is -2.39. The normalized spacial score (nSPS) is 17.1. The minimum atomic E-state index is -1.23. The van der Waals surface area contributed by atoms with Crippen molar-refractivity contribution < 1.29 is 28.2 Å². The van der Waals surface area contributed by atoms with Gasteiger partial charge in [0.15, 0.2) is 0 Å². The Labute approximate surface area is 219 Å². The Balaban J connectivity index is 1.93. The molecule has 1 aliphatic rings. The quantitative estimate of drug-likeness (QED) is 0.467. The van der Waals surface area contributed by atoms with E-state index in [1.54, 1.807) is 20.8 Å². The summed E-state index contributed by atoms with van der Waals surface area (Å²) in [7, 11) is 0. The lowest BCUT2D eigenvalue weighted by atomic mass is 9.86. The van der Waals surface area contributed by atoms with Crippen molar-refractivity contribution in [2.45, 2.75) is 77.2 Å². The number of rotatable bonds is 7. The number of halogens is 3. The zero-order chi connectivity index (χ0) is 26.6. The summed E-state index contributed by atoms with van der Waals surface area (Å²) in [6.45, 7) is 6.46. The molecule has 0 aromatic heterocycles. The van der Waals surface area contributed by atoms with Crippen LogP contribution in [0.4, 0.5) is 13.6 Å². The Hall–Kier alpha value is -2.52. The molecule has 2 N–H and O–H groups in total. The van der Waals surface area contributed by atoms with Gasteiger partial charge >= 0.3 is 6.09 Å². The summed E-state index contributed by atoms with van der Waals surface area (Å²) in [5.41, 5.74) is 1.59. The monoisotopic (exact) mass is 566 g/mol. The maximum atomic E-state index is 13.8. The molecule has 0 saturated carbocycles. The van der Waals surface area contributed by atoms with Crippen LogP contribution in [0, 0.1) is 11.6 Å². The molecule has 0 spiro atoms. The molecule has 0 bridgehead atoms.